The summed E-state index contributed by atoms with van der Waals surface area (Å²) in [6.45, 7) is 0. The highest BCUT2D eigenvalue weighted by molar-refractivity contribution is 6.27. The average molecular weight is 681 g/mol. The van der Waals surface area contributed by atoms with E-state index in [0.29, 0.717) is 0 Å². The summed E-state index contributed by atoms with van der Waals surface area (Å²) in [4.78, 5) is 0. The van der Waals surface area contributed by atoms with Crippen LogP contribution in [0.3, 0.4) is 0 Å². The second-order valence-corrected chi connectivity index (χ2v) is 14.8. The molecule has 0 atom stereocenters. The van der Waals surface area contributed by atoms with Gasteiger partial charge in [-0.3, -0.25) is 0 Å². The zero-order valence-corrected chi connectivity index (χ0v) is 29.5. The standard InChI is InChI=1S/C54H32/c1-2-11-37-32-50-39(30-36(37)10-1)26-28-43-42(50)20-9-21-44(43)54-47-18-5-3-16-45(47)52(46-17-4-6-19-48(46)54)40-15-8-14-38(31-40)41-27-24-35-23-22-33-12-7-13-34-25-29-49(41)53(35)51(33)34/h1-32H. The highest BCUT2D eigenvalue weighted by Gasteiger charge is 2.19. The highest BCUT2D eigenvalue weighted by Crippen LogP contribution is 2.47. The van der Waals surface area contributed by atoms with Gasteiger partial charge >= 0.3 is 0 Å². The summed E-state index contributed by atoms with van der Waals surface area (Å²) in [6.07, 6.45) is 0. The number of fused-ring (bicyclic) bond motifs is 6. The van der Waals surface area contributed by atoms with Gasteiger partial charge in [-0.15, -0.1) is 0 Å². The summed E-state index contributed by atoms with van der Waals surface area (Å²) < 4.78 is 0. The number of rotatable bonds is 3. The van der Waals surface area contributed by atoms with Crippen LogP contribution in [0.2, 0.25) is 0 Å². The van der Waals surface area contributed by atoms with Crippen molar-refractivity contribution in [2.24, 2.45) is 0 Å². The number of hydrogen-bond donors (Lipinski definition) is 0. The van der Waals surface area contributed by atoms with Crippen molar-refractivity contribution in [2.75, 3.05) is 0 Å². The third-order valence-corrected chi connectivity index (χ3v) is 11.9. The Morgan fingerprint density at radius 1 is 0.204 bits per heavy atom. The summed E-state index contributed by atoms with van der Waals surface area (Å²) in [5.74, 6) is 0. The molecule has 0 spiro atoms. The molecule has 0 heterocycles. The molecule has 0 amide bonds. The van der Waals surface area contributed by atoms with Crippen molar-refractivity contribution in [2.45, 2.75) is 0 Å². The van der Waals surface area contributed by atoms with E-state index in [2.05, 4.69) is 194 Å². The Morgan fingerprint density at radius 3 is 1.48 bits per heavy atom. The molecule has 0 radical (unpaired) electrons. The monoisotopic (exact) mass is 680 g/mol. The fourth-order valence-electron chi connectivity index (χ4n) is 9.56. The molecule has 0 aliphatic heterocycles. The van der Waals surface area contributed by atoms with Crippen LogP contribution in [0, 0.1) is 0 Å². The summed E-state index contributed by atoms with van der Waals surface area (Å²) in [7, 11) is 0. The van der Waals surface area contributed by atoms with Crippen LogP contribution in [-0.2, 0) is 0 Å². The van der Waals surface area contributed by atoms with E-state index in [1.165, 1.54) is 120 Å². The Hall–Kier alpha value is -7.02. The fraction of sp³-hybridized carbons (Fsp3) is 0. The lowest BCUT2D eigenvalue weighted by Gasteiger charge is -2.20. The van der Waals surface area contributed by atoms with E-state index in [1.54, 1.807) is 0 Å². The van der Waals surface area contributed by atoms with Gasteiger partial charge in [-0.25, -0.2) is 0 Å². The highest BCUT2D eigenvalue weighted by atomic mass is 14.2. The van der Waals surface area contributed by atoms with Gasteiger partial charge in [-0.1, -0.05) is 176 Å². The van der Waals surface area contributed by atoms with Crippen molar-refractivity contribution in [3.8, 4) is 33.4 Å². The molecule has 0 unspecified atom stereocenters. The molecule has 0 fully saturated rings. The zero-order valence-electron chi connectivity index (χ0n) is 29.5. The second-order valence-electron chi connectivity index (χ2n) is 14.8. The molecule has 0 nitrogen and oxygen atoms in total. The van der Waals surface area contributed by atoms with E-state index in [4.69, 9.17) is 0 Å². The molecule has 0 bridgehead atoms. The lowest BCUT2D eigenvalue weighted by Crippen LogP contribution is -1.92. The van der Waals surface area contributed by atoms with Gasteiger partial charge in [-0.2, -0.15) is 0 Å². The molecule has 12 aromatic rings. The van der Waals surface area contributed by atoms with Gasteiger partial charge in [0, 0.05) is 0 Å². The maximum Gasteiger partial charge on any atom is -0.00201 e. The minimum atomic E-state index is 1.23. The molecule has 0 saturated heterocycles. The quantitative estimate of drug-likeness (QED) is 0.129. The van der Waals surface area contributed by atoms with E-state index < -0.39 is 0 Å². The summed E-state index contributed by atoms with van der Waals surface area (Å²) in [6, 6.07) is 72.5. The van der Waals surface area contributed by atoms with Gasteiger partial charge in [0.15, 0.2) is 0 Å². The number of hydrogen-bond acceptors (Lipinski definition) is 0. The van der Waals surface area contributed by atoms with Crippen LogP contribution >= 0.6 is 0 Å². The molecule has 54 heavy (non-hydrogen) atoms. The Bertz CT molecular complexity index is 3420. The first-order chi connectivity index (χ1) is 26.8. The predicted octanol–water partition coefficient (Wildman–Crippen LogP) is 15.4. The van der Waals surface area contributed by atoms with E-state index in [9.17, 15) is 0 Å². The zero-order chi connectivity index (χ0) is 35.3. The van der Waals surface area contributed by atoms with Crippen molar-refractivity contribution in [3.05, 3.63) is 194 Å². The third kappa shape index (κ3) is 4.20. The predicted molar refractivity (Wildman–Crippen MR) is 234 cm³/mol. The van der Waals surface area contributed by atoms with E-state index >= 15 is 0 Å². The van der Waals surface area contributed by atoms with E-state index in [0.717, 1.165) is 0 Å². The fourth-order valence-corrected chi connectivity index (χ4v) is 9.56. The van der Waals surface area contributed by atoms with Crippen LogP contribution in [-0.4, -0.2) is 0 Å². The molecule has 0 aliphatic carbocycles. The van der Waals surface area contributed by atoms with E-state index in [-0.39, 0.29) is 0 Å². The van der Waals surface area contributed by atoms with Gasteiger partial charge in [-0.05, 0) is 138 Å². The second kappa shape index (κ2) is 11.2. The lowest BCUT2D eigenvalue weighted by atomic mass is 9.83. The summed E-state index contributed by atoms with van der Waals surface area (Å²) in [5.41, 5.74) is 7.57. The Balaban J connectivity index is 1.11. The van der Waals surface area contributed by atoms with Crippen molar-refractivity contribution in [1.29, 1.82) is 0 Å². The van der Waals surface area contributed by atoms with Gasteiger partial charge < -0.3 is 0 Å². The van der Waals surface area contributed by atoms with Gasteiger partial charge in [0.25, 0.3) is 0 Å². The van der Waals surface area contributed by atoms with Gasteiger partial charge in [0.2, 0.25) is 0 Å². The maximum atomic E-state index is 2.41. The van der Waals surface area contributed by atoms with Crippen molar-refractivity contribution in [3.63, 3.8) is 0 Å². The van der Waals surface area contributed by atoms with Crippen LogP contribution in [0.4, 0.5) is 0 Å². The van der Waals surface area contributed by atoms with Gasteiger partial charge in [0.05, 0.1) is 0 Å². The minimum Gasteiger partial charge on any atom is -0.0616 e. The van der Waals surface area contributed by atoms with Crippen molar-refractivity contribution < 1.29 is 0 Å². The summed E-state index contributed by atoms with van der Waals surface area (Å²) in [5, 5.41) is 20.6. The normalized spacial score (nSPS) is 12.1. The Morgan fingerprint density at radius 2 is 0.722 bits per heavy atom. The topological polar surface area (TPSA) is 0 Å². The third-order valence-electron chi connectivity index (χ3n) is 11.9. The van der Waals surface area contributed by atoms with E-state index in [1.807, 2.05) is 0 Å². The summed E-state index contributed by atoms with van der Waals surface area (Å²) >= 11 is 0. The van der Waals surface area contributed by atoms with Crippen LogP contribution in [0.25, 0.3) is 120 Å². The molecule has 12 rings (SSSR count). The Labute approximate surface area is 312 Å². The first-order valence-electron chi connectivity index (χ1n) is 18.8. The maximum absolute atomic E-state index is 2.41. The van der Waals surface area contributed by atoms with Crippen molar-refractivity contribution in [1.82, 2.24) is 0 Å². The molecule has 0 N–H and O–H groups in total. The molecule has 248 valence electrons. The van der Waals surface area contributed by atoms with Crippen LogP contribution in [0.5, 0.6) is 0 Å². The SMILES string of the molecule is c1cc(-c2c3ccccc3c(-c3cccc4c3ccc3cc5ccccc5cc34)c3ccccc23)cc(-c2ccc3ccc4cccc5ccc2c3c45)c1. The lowest BCUT2D eigenvalue weighted by molar-refractivity contribution is 1.64. The Kier molecular flexibility index (Phi) is 6.15. The smallest absolute Gasteiger partial charge is 0.00201 e. The minimum absolute atomic E-state index is 1.23. The first kappa shape index (κ1) is 29.5. The first-order valence-corrected chi connectivity index (χ1v) is 18.8. The molecule has 0 heteroatoms. The molecular formula is C54H32. The largest absolute Gasteiger partial charge is 0.0616 e. The molecule has 0 aliphatic rings. The molecule has 12 aromatic carbocycles. The van der Waals surface area contributed by atoms with Crippen LogP contribution in [0.15, 0.2) is 194 Å². The molecule has 0 saturated carbocycles. The number of benzene rings is 12. The molecular weight excluding hydrogens is 649 g/mol. The van der Waals surface area contributed by atoms with Crippen molar-refractivity contribution >= 4 is 86.2 Å². The van der Waals surface area contributed by atoms with Crippen LogP contribution in [0.1, 0.15) is 0 Å². The molecule has 0 aromatic heterocycles. The van der Waals surface area contributed by atoms with Gasteiger partial charge in [0.1, 0.15) is 0 Å². The van der Waals surface area contributed by atoms with Crippen LogP contribution < -0.4 is 0 Å². The average Bonchev–Trinajstić information content (AvgIpc) is 3.23.